The van der Waals surface area contributed by atoms with Crippen molar-refractivity contribution in [3.8, 4) is 5.75 Å². The SMILES string of the molecule is CN(C(=O)COc1ccc(N(C)S(=O)(=O)c2ccccc2)c2ncccc12)C(CN1CC[C@H](O)C1)c1ccccc1. The molecule has 0 bridgehead atoms. The number of amides is 1. The smallest absolute Gasteiger partial charge is 0.264 e. The van der Waals surface area contributed by atoms with Crippen molar-refractivity contribution in [1.82, 2.24) is 14.8 Å². The summed E-state index contributed by atoms with van der Waals surface area (Å²) in [5.41, 5.74) is 1.85. The summed E-state index contributed by atoms with van der Waals surface area (Å²) >= 11 is 0. The Morgan fingerprint density at radius 2 is 1.73 bits per heavy atom. The van der Waals surface area contributed by atoms with E-state index in [0.717, 1.165) is 18.5 Å². The van der Waals surface area contributed by atoms with Crippen LogP contribution in [0, 0.1) is 0 Å². The monoisotopic (exact) mass is 574 g/mol. The lowest BCUT2D eigenvalue weighted by Crippen LogP contribution is -2.40. The second kappa shape index (κ2) is 12.3. The summed E-state index contributed by atoms with van der Waals surface area (Å²) in [7, 11) is -0.551. The molecule has 1 aromatic heterocycles. The van der Waals surface area contributed by atoms with Crippen molar-refractivity contribution < 1.29 is 23.1 Å². The zero-order chi connectivity index (χ0) is 29.0. The molecule has 2 heterocycles. The quantitative estimate of drug-likeness (QED) is 0.308. The molecule has 0 saturated carbocycles. The molecule has 3 aromatic carbocycles. The first-order valence-corrected chi connectivity index (χ1v) is 14.9. The number of anilines is 1. The number of aliphatic hydroxyl groups is 1. The standard InChI is InChI=1S/C31H34N4O5S/c1-33(28(23-10-5-3-6-11-23)21-35-19-17-24(36)20-35)30(37)22-40-29-16-15-27(31-26(29)14-9-18-32-31)34(2)41(38,39)25-12-7-4-8-13-25/h3-16,18,24,28,36H,17,19-22H2,1-2H3/t24-,28?/m0/s1. The molecule has 0 radical (unpaired) electrons. The van der Waals surface area contributed by atoms with Gasteiger partial charge in [0, 0.05) is 45.3 Å². The molecule has 0 spiro atoms. The third kappa shape index (κ3) is 6.19. The molecular weight excluding hydrogens is 540 g/mol. The van der Waals surface area contributed by atoms with Crippen molar-refractivity contribution in [1.29, 1.82) is 0 Å². The molecule has 1 saturated heterocycles. The number of hydrogen-bond donors (Lipinski definition) is 1. The van der Waals surface area contributed by atoms with E-state index in [1.165, 1.54) is 11.4 Å². The summed E-state index contributed by atoms with van der Waals surface area (Å²) < 4.78 is 33.8. The van der Waals surface area contributed by atoms with Gasteiger partial charge in [-0.25, -0.2) is 8.42 Å². The second-order valence-electron chi connectivity index (χ2n) is 10.2. The molecule has 1 aliphatic heterocycles. The summed E-state index contributed by atoms with van der Waals surface area (Å²) in [6.07, 6.45) is 1.97. The molecule has 214 valence electrons. The van der Waals surface area contributed by atoms with Crippen molar-refractivity contribution >= 4 is 32.5 Å². The predicted molar refractivity (Wildman–Crippen MR) is 158 cm³/mol. The maximum absolute atomic E-state index is 13.4. The van der Waals surface area contributed by atoms with Crippen molar-refractivity contribution in [2.24, 2.45) is 0 Å². The lowest BCUT2D eigenvalue weighted by molar-refractivity contribution is -0.134. The van der Waals surface area contributed by atoms with Crippen molar-refractivity contribution in [3.05, 3.63) is 96.7 Å². The van der Waals surface area contributed by atoms with Gasteiger partial charge in [-0.1, -0.05) is 48.5 Å². The van der Waals surface area contributed by atoms with Gasteiger partial charge in [-0.05, 0) is 48.4 Å². The number of carbonyl (C=O) groups excluding carboxylic acids is 1. The van der Waals surface area contributed by atoms with Gasteiger partial charge >= 0.3 is 0 Å². The lowest BCUT2D eigenvalue weighted by atomic mass is 10.0. The van der Waals surface area contributed by atoms with Crippen LogP contribution >= 0.6 is 0 Å². The van der Waals surface area contributed by atoms with Gasteiger partial charge in [-0.3, -0.25) is 19.0 Å². The van der Waals surface area contributed by atoms with Crippen LogP contribution < -0.4 is 9.04 Å². The number of sulfonamides is 1. The van der Waals surface area contributed by atoms with E-state index in [1.807, 2.05) is 30.3 Å². The van der Waals surface area contributed by atoms with E-state index in [2.05, 4.69) is 9.88 Å². The van der Waals surface area contributed by atoms with Crippen LogP contribution in [0.1, 0.15) is 18.0 Å². The largest absolute Gasteiger partial charge is 0.483 e. The minimum atomic E-state index is -3.81. The molecule has 0 aliphatic carbocycles. The van der Waals surface area contributed by atoms with Crippen molar-refractivity contribution in [3.63, 3.8) is 0 Å². The fourth-order valence-electron chi connectivity index (χ4n) is 5.16. The summed E-state index contributed by atoms with van der Waals surface area (Å²) in [5.74, 6) is 0.228. The summed E-state index contributed by atoms with van der Waals surface area (Å²) in [4.78, 5) is 21.9. The molecule has 4 aromatic rings. The zero-order valence-corrected chi connectivity index (χ0v) is 23.9. The highest BCUT2D eigenvalue weighted by Gasteiger charge is 2.29. The van der Waals surface area contributed by atoms with Crippen LogP contribution in [0.4, 0.5) is 5.69 Å². The Balaban J connectivity index is 1.35. The Bertz CT molecular complexity index is 1600. The Labute approximate surface area is 240 Å². The second-order valence-corrected chi connectivity index (χ2v) is 12.2. The highest BCUT2D eigenvalue weighted by atomic mass is 32.2. The topological polar surface area (TPSA) is 103 Å². The molecule has 1 aliphatic rings. The van der Waals surface area contributed by atoms with E-state index in [4.69, 9.17) is 4.74 Å². The number of benzene rings is 3. The van der Waals surface area contributed by atoms with Gasteiger partial charge in [0.25, 0.3) is 15.9 Å². The number of carbonyl (C=O) groups is 1. The van der Waals surface area contributed by atoms with E-state index in [9.17, 15) is 18.3 Å². The molecule has 5 rings (SSSR count). The Hall–Kier alpha value is -3.99. The van der Waals surface area contributed by atoms with Gasteiger partial charge in [-0.15, -0.1) is 0 Å². The number of ether oxygens (including phenoxy) is 1. The number of likely N-dealkylation sites (N-methyl/N-ethyl adjacent to an activating group) is 1. The first-order chi connectivity index (χ1) is 19.8. The minimum Gasteiger partial charge on any atom is -0.483 e. The molecular formula is C31H34N4O5S. The fourth-order valence-corrected chi connectivity index (χ4v) is 6.38. The number of rotatable bonds is 10. The summed E-state index contributed by atoms with van der Waals surface area (Å²) in [5, 5.41) is 10.6. The molecule has 1 fully saturated rings. The molecule has 1 unspecified atom stereocenters. The number of likely N-dealkylation sites (tertiary alicyclic amines) is 1. The minimum absolute atomic E-state index is 0.178. The van der Waals surface area contributed by atoms with E-state index in [0.29, 0.717) is 35.4 Å². The maximum Gasteiger partial charge on any atom is 0.264 e. The third-order valence-corrected chi connectivity index (χ3v) is 9.31. The fraction of sp³-hybridized carbons (Fsp3) is 0.290. The molecule has 2 atom stereocenters. The van der Waals surface area contributed by atoms with Crippen LogP contribution in [0.2, 0.25) is 0 Å². The van der Waals surface area contributed by atoms with E-state index in [-0.39, 0.29) is 29.6 Å². The van der Waals surface area contributed by atoms with Crippen molar-refractivity contribution in [2.75, 3.05) is 44.6 Å². The van der Waals surface area contributed by atoms with Gasteiger partial charge in [0.1, 0.15) is 5.75 Å². The highest BCUT2D eigenvalue weighted by Crippen LogP contribution is 2.34. The molecule has 1 amide bonds. The molecule has 41 heavy (non-hydrogen) atoms. The van der Waals surface area contributed by atoms with Gasteiger partial charge in [-0.2, -0.15) is 0 Å². The molecule has 9 nitrogen and oxygen atoms in total. The number of aromatic nitrogens is 1. The van der Waals surface area contributed by atoms with Crippen LogP contribution in [-0.2, 0) is 14.8 Å². The average molecular weight is 575 g/mol. The van der Waals surface area contributed by atoms with Gasteiger partial charge in [0.15, 0.2) is 6.61 Å². The number of hydrogen-bond acceptors (Lipinski definition) is 7. The maximum atomic E-state index is 13.4. The molecule has 1 N–H and O–H groups in total. The van der Waals surface area contributed by atoms with Crippen LogP contribution in [0.25, 0.3) is 10.9 Å². The number of β-amino-alcohol motifs (C(OH)–C–C–N with tert-alkyl or cyclic N) is 1. The van der Waals surface area contributed by atoms with E-state index < -0.39 is 10.0 Å². The highest BCUT2D eigenvalue weighted by molar-refractivity contribution is 7.92. The average Bonchev–Trinajstić information content (AvgIpc) is 3.43. The van der Waals surface area contributed by atoms with E-state index in [1.54, 1.807) is 72.7 Å². The molecule has 10 heteroatoms. The summed E-state index contributed by atoms with van der Waals surface area (Å²) in [6, 6.07) is 24.7. The van der Waals surface area contributed by atoms with Gasteiger partial charge in [0.2, 0.25) is 0 Å². The third-order valence-electron chi connectivity index (χ3n) is 7.52. The Morgan fingerprint density at radius 1 is 1.02 bits per heavy atom. The zero-order valence-electron chi connectivity index (χ0n) is 23.1. The van der Waals surface area contributed by atoms with Gasteiger partial charge in [0.05, 0.1) is 28.2 Å². The first-order valence-electron chi connectivity index (χ1n) is 13.5. The number of aliphatic hydroxyl groups excluding tert-OH is 1. The van der Waals surface area contributed by atoms with Crippen LogP contribution in [0.15, 0.2) is 96.0 Å². The van der Waals surface area contributed by atoms with Crippen LogP contribution in [-0.4, -0.2) is 80.7 Å². The lowest BCUT2D eigenvalue weighted by Gasteiger charge is -2.32. The summed E-state index contributed by atoms with van der Waals surface area (Å²) in [6.45, 7) is 1.77. The van der Waals surface area contributed by atoms with Gasteiger partial charge < -0.3 is 14.7 Å². The van der Waals surface area contributed by atoms with Crippen molar-refractivity contribution in [2.45, 2.75) is 23.5 Å². The van der Waals surface area contributed by atoms with E-state index >= 15 is 0 Å². The Morgan fingerprint density at radius 3 is 2.41 bits per heavy atom. The van der Waals surface area contributed by atoms with Crippen LogP contribution in [0.3, 0.4) is 0 Å². The Kier molecular flexibility index (Phi) is 8.53. The number of nitrogens with zero attached hydrogens (tertiary/aromatic N) is 4. The van der Waals surface area contributed by atoms with Crippen LogP contribution in [0.5, 0.6) is 5.75 Å². The number of fused-ring (bicyclic) bond motifs is 1. The predicted octanol–water partition coefficient (Wildman–Crippen LogP) is 3.71. The first kappa shape index (κ1) is 28.5. The normalized spacial score (nSPS) is 16.4. The number of pyridine rings is 1.